The molecule has 0 aliphatic carbocycles. The van der Waals surface area contributed by atoms with Crippen LogP contribution in [0.1, 0.15) is 0 Å². The minimum Gasteiger partial charge on any atom is -0.255 e. The van der Waals surface area contributed by atoms with Crippen molar-refractivity contribution in [2.24, 2.45) is 0 Å². The first kappa shape index (κ1) is 12.1. The lowest BCUT2D eigenvalue weighted by atomic mass is 10.2. The number of nitrogens with one attached hydrogen (secondary N) is 1. The molecule has 0 aliphatic rings. The first-order chi connectivity index (χ1) is 9.17. The van der Waals surface area contributed by atoms with Crippen LogP contribution in [-0.2, 0) is 10.0 Å². The SMILES string of the molecule is O=S(=O)(Nc1nccs1)c1cccc2cccnc12. The summed E-state index contributed by atoms with van der Waals surface area (Å²) in [6.07, 6.45) is 3.12. The van der Waals surface area contributed by atoms with Gasteiger partial charge in [0.05, 0.1) is 5.52 Å². The monoisotopic (exact) mass is 291 g/mol. The van der Waals surface area contributed by atoms with Gasteiger partial charge < -0.3 is 0 Å². The Kier molecular flexibility index (Phi) is 2.92. The fraction of sp³-hybridized carbons (Fsp3) is 0. The van der Waals surface area contributed by atoms with Crippen molar-refractivity contribution in [3.63, 3.8) is 0 Å². The topological polar surface area (TPSA) is 72.0 Å². The highest BCUT2D eigenvalue weighted by Gasteiger charge is 2.18. The van der Waals surface area contributed by atoms with Crippen molar-refractivity contribution in [3.8, 4) is 0 Å². The van der Waals surface area contributed by atoms with Gasteiger partial charge in [0, 0.05) is 23.2 Å². The third-order valence-corrected chi connectivity index (χ3v) is 4.73. The maximum atomic E-state index is 12.3. The molecule has 0 spiro atoms. The lowest BCUT2D eigenvalue weighted by Crippen LogP contribution is -2.13. The second-order valence-corrected chi connectivity index (χ2v) is 6.32. The summed E-state index contributed by atoms with van der Waals surface area (Å²) in [6, 6.07) is 8.65. The molecule has 2 aromatic heterocycles. The molecule has 7 heteroatoms. The van der Waals surface area contributed by atoms with E-state index in [9.17, 15) is 8.42 Å². The van der Waals surface area contributed by atoms with Gasteiger partial charge in [-0.2, -0.15) is 0 Å². The van der Waals surface area contributed by atoms with Crippen LogP contribution < -0.4 is 4.72 Å². The van der Waals surface area contributed by atoms with Gasteiger partial charge in [0.1, 0.15) is 4.90 Å². The Morgan fingerprint density at radius 2 is 1.89 bits per heavy atom. The van der Waals surface area contributed by atoms with Gasteiger partial charge in [-0.3, -0.25) is 9.71 Å². The Balaban J connectivity index is 2.13. The molecular formula is C12H9N3O2S2. The van der Waals surface area contributed by atoms with E-state index in [1.54, 1.807) is 29.9 Å². The van der Waals surface area contributed by atoms with E-state index in [4.69, 9.17) is 0 Å². The van der Waals surface area contributed by atoms with E-state index in [0.717, 1.165) is 5.39 Å². The highest BCUT2D eigenvalue weighted by Crippen LogP contribution is 2.23. The van der Waals surface area contributed by atoms with Crippen LogP contribution >= 0.6 is 11.3 Å². The van der Waals surface area contributed by atoms with Gasteiger partial charge in [0.25, 0.3) is 10.0 Å². The Labute approximate surface area is 114 Å². The predicted octanol–water partition coefficient (Wildman–Crippen LogP) is 2.49. The molecule has 0 amide bonds. The van der Waals surface area contributed by atoms with Crippen LogP contribution in [0.25, 0.3) is 10.9 Å². The molecule has 3 aromatic rings. The van der Waals surface area contributed by atoms with Crippen LogP contribution in [0, 0.1) is 0 Å². The number of hydrogen-bond donors (Lipinski definition) is 1. The van der Waals surface area contributed by atoms with Crippen molar-refractivity contribution in [2.75, 3.05) is 4.72 Å². The summed E-state index contributed by atoms with van der Waals surface area (Å²) >= 11 is 1.23. The fourth-order valence-electron chi connectivity index (χ4n) is 1.74. The molecular weight excluding hydrogens is 282 g/mol. The molecule has 0 fully saturated rings. The van der Waals surface area contributed by atoms with Crippen molar-refractivity contribution >= 4 is 37.4 Å². The summed E-state index contributed by atoms with van der Waals surface area (Å²) in [5, 5.41) is 2.83. The molecule has 3 rings (SSSR count). The number of sulfonamides is 1. The van der Waals surface area contributed by atoms with E-state index < -0.39 is 10.0 Å². The van der Waals surface area contributed by atoms with Gasteiger partial charge in [-0.1, -0.05) is 18.2 Å². The van der Waals surface area contributed by atoms with E-state index in [1.807, 2.05) is 12.1 Å². The lowest BCUT2D eigenvalue weighted by molar-refractivity contribution is 0.602. The number of nitrogens with zero attached hydrogens (tertiary/aromatic N) is 2. The minimum absolute atomic E-state index is 0.154. The number of hydrogen-bond acceptors (Lipinski definition) is 5. The summed E-state index contributed by atoms with van der Waals surface area (Å²) in [7, 11) is -3.67. The molecule has 0 bridgehead atoms. The highest BCUT2D eigenvalue weighted by atomic mass is 32.2. The smallest absolute Gasteiger partial charge is 0.255 e. The molecule has 0 aliphatic heterocycles. The molecule has 0 saturated carbocycles. The van der Waals surface area contributed by atoms with Gasteiger partial charge in [0.2, 0.25) is 0 Å². The number of anilines is 1. The van der Waals surface area contributed by atoms with Gasteiger partial charge in [-0.15, -0.1) is 11.3 Å². The zero-order chi connectivity index (χ0) is 13.3. The maximum absolute atomic E-state index is 12.3. The van der Waals surface area contributed by atoms with Gasteiger partial charge in [0.15, 0.2) is 5.13 Å². The molecule has 1 N–H and O–H groups in total. The minimum atomic E-state index is -3.67. The van der Waals surface area contributed by atoms with Crippen LogP contribution in [0.2, 0.25) is 0 Å². The van der Waals surface area contributed by atoms with Crippen LogP contribution in [0.4, 0.5) is 5.13 Å². The van der Waals surface area contributed by atoms with Crippen LogP contribution in [0.5, 0.6) is 0 Å². The van der Waals surface area contributed by atoms with Crippen molar-refractivity contribution < 1.29 is 8.42 Å². The molecule has 0 unspecified atom stereocenters. The number of fused-ring (bicyclic) bond motifs is 1. The summed E-state index contributed by atoms with van der Waals surface area (Å²) in [5.74, 6) is 0. The Bertz CT molecular complexity index is 809. The maximum Gasteiger partial charge on any atom is 0.265 e. The normalized spacial score (nSPS) is 11.6. The third-order valence-electron chi connectivity index (χ3n) is 2.54. The first-order valence-electron chi connectivity index (χ1n) is 5.43. The van der Waals surface area contributed by atoms with Crippen LogP contribution in [0.3, 0.4) is 0 Å². The Hall–Kier alpha value is -1.99. The van der Waals surface area contributed by atoms with E-state index in [-0.39, 0.29) is 4.90 Å². The number of rotatable bonds is 3. The van der Waals surface area contributed by atoms with Crippen molar-refractivity contribution in [3.05, 3.63) is 48.1 Å². The standard InChI is InChI=1S/C12H9N3O2S2/c16-19(17,15-12-14-7-8-18-12)10-5-1-3-9-4-2-6-13-11(9)10/h1-8H,(H,14,15). The number of thiazole rings is 1. The van der Waals surface area contributed by atoms with Gasteiger partial charge >= 0.3 is 0 Å². The largest absolute Gasteiger partial charge is 0.265 e. The fourth-order valence-corrected chi connectivity index (χ4v) is 3.71. The van der Waals surface area contributed by atoms with Crippen molar-refractivity contribution in [1.82, 2.24) is 9.97 Å². The zero-order valence-corrected chi connectivity index (χ0v) is 11.3. The highest BCUT2D eigenvalue weighted by molar-refractivity contribution is 7.93. The molecule has 0 atom stereocenters. The predicted molar refractivity (Wildman–Crippen MR) is 74.7 cm³/mol. The number of benzene rings is 1. The molecule has 0 saturated heterocycles. The second kappa shape index (κ2) is 4.60. The van der Waals surface area contributed by atoms with Crippen molar-refractivity contribution in [1.29, 1.82) is 0 Å². The molecule has 1 aromatic carbocycles. The number of aromatic nitrogens is 2. The van der Waals surface area contributed by atoms with Gasteiger partial charge in [-0.05, 0) is 12.1 Å². The van der Waals surface area contributed by atoms with Crippen LogP contribution in [0.15, 0.2) is 53.0 Å². The average Bonchev–Trinajstić information content (AvgIpc) is 2.90. The number of para-hydroxylation sites is 1. The zero-order valence-electron chi connectivity index (χ0n) is 9.65. The van der Waals surface area contributed by atoms with E-state index in [2.05, 4.69) is 14.7 Å². The summed E-state index contributed by atoms with van der Waals surface area (Å²) in [6.45, 7) is 0. The van der Waals surface area contributed by atoms with E-state index in [1.165, 1.54) is 17.4 Å². The van der Waals surface area contributed by atoms with Crippen LogP contribution in [-0.4, -0.2) is 18.4 Å². The lowest BCUT2D eigenvalue weighted by Gasteiger charge is -2.07. The summed E-state index contributed by atoms with van der Waals surface area (Å²) < 4.78 is 27.1. The molecule has 19 heavy (non-hydrogen) atoms. The number of pyridine rings is 1. The van der Waals surface area contributed by atoms with Gasteiger partial charge in [-0.25, -0.2) is 13.4 Å². The Morgan fingerprint density at radius 1 is 1.05 bits per heavy atom. The second-order valence-electron chi connectivity index (χ2n) is 3.77. The quantitative estimate of drug-likeness (QED) is 0.804. The van der Waals surface area contributed by atoms with E-state index >= 15 is 0 Å². The molecule has 2 heterocycles. The van der Waals surface area contributed by atoms with E-state index in [0.29, 0.717) is 10.6 Å². The molecule has 5 nitrogen and oxygen atoms in total. The Morgan fingerprint density at radius 3 is 2.68 bits per heavy atom. The third kappa shape index (κ3) is 2.29. The summed E-state index contributed by atoms with van der Waals surface area (Å²) in [4.78, 5) is 8.21. The average molecular weight is 291 g/mol. The molecule has 96 valence electrons. The molecule has 0 radical (unpaired) electrons. The van der Waals surface area contributed by atoms with Crippen molar-refractivity contribution in [2.45, 2.75) is 4.90 Å². The first-order valence-corrected chi connectivity index (χ1v) is 7.79. The summed E-state index contributed by atoms with van der Waals surface area (Å²) in [5.41, 5.74) is 0.453.